The Hall–Kier alpha value is -3.41. The molecule has 4 aromatic carbocycles. The van der Waals surface area contributed by atoms with Crippen LogP contribution in [0.15, 0.2) is 72.8 Å². The van der Waals surface area contributed by atoms with E-state index in [1.54, 1.807) is 12.1 Å². The summed E-state index contributed by atoms with van der Waals surface area (Å²) in [7, 11) is 0. The first kappa shape index (κ1) is 24.7. The maximum atomic E-state index is 15.1. The van der Waals surface area contributed by atoms with Gasteiger partial charge in [-0.3, -0.25) is 0 Å². The van der Waals surface area contributed by atoms with Crippen molar-refractivity contribution >= 4 is 10.8 Å². The number of aryl methyl sites for hydroxylation is 4. The average Bonchev–Trinajstić information content (AvgIpc) is 2.82. The third-order valence-corrected chi connectivity index (χ3v) is 6.06. The molecule has 6 heteroatoms. The van der Waals surface area contributed by atoms with Crippen molar-refractivity contribution in [2.45, 2.75) is 38.8 Å². The van der Waals surface area contributed by atoms with Crippen LogP contribution in [0.2, 0.25) is 0 Å². The molecule has 0 spiro atoms. The lowest BCUT2D eigenvalue weighted by Gasteiger charge is -2.11. The second-order valence-electron chi connectivity index (χ2n) is 8.48. The van der Waals surface area contributed by atoms with Crippen LogP contribution in [0.3, 0.4) is 0 Å². The zero-order chi connectivity index (χ0) is 25.0. The van der Waals surface area contributed by atoms with E-state index in [2.05, 4.69) is 0 Å². The largest absolute Gasteiger partial charge is 0.494 e. The van der Waals surface area contributed by atoms with Crippen molar-refractivity contribution in [3.63, 3.8) is 0 Å². The van der Waals surface area contributed by atoms with Crippen LogP contribution in [-0.2, 0) is 31.9 Å². The Kier molecular flexibility index (Phi) is 7.39. The molecular formula is C29H25F5O. The molecule has 182 valence electrons. The summed E-state index contributed by atoms with van der Waals surface area (Å²) in [5.74, 6) is -0.823. The molecule has 0 fully saturated rings. The van der Waals surface area contributed by atoms with Crippen LogP contribution in [0.25, 0.3) is 10.8 Å². The lowest BCUT2D eigenvalue weighted by molar-refractivity contribution is -0.140. The zero-order valence-corrected chi connectivity index (χ0v) is 19.3. The molecule has 4 aromatic rings. The molecule has 0 bridgehead atoms. The SMILES string of the molecule is CCOc1ccc(CCc2ccc3c(F)c(CCc4ccc(C(F)(F)F)c(F)c4)ccc3c2)cc1. The first-order valence-corrected chi connectivity index (χ1v) is 11.5. The van der Waals surface area contributed by atoms with Gasteiger partial charge >= 0.3 is 6.18 Å². The van der Waals surface area contributed by atoms with Crippen LogP contribution < -0.4 is 4.74 Å². The van der Waals surface area contributed by atoms with Crippen LogP contribution >= 0.6 is 0 Å². The standard InChI is InChI=1S/C29H25F5O/c1-2-35-24-13-6-19(7-14-24)3-4-20-8-15-25-23(17-20)12-11-22(28(25)31)10-5-21-9-16-26(27(30)18-21)29(32,33)34/h6-9,11-18H,2-5,10H2,1H3. The molecule has 0 aliphatic carbocycles. The van der Waals surface area contributed by atoms with E-state index in [1.807, 2.05) is 49.4 Å². The van der Waals surface area contributed by atoms with Crippen molar-refractivity contribution in [3.8, 4) is 5.75 Å². The number of fused-ring (bicyclic) bond motifs is 1. The Morgan fingerprint density at radius 3 is 2.00 bits per heavy atom. The second kappa shape index (κ2) is 10.5. The molecule has 0 radical (unpaired) electrons. The normalized spacial score (nSPS) is 11.7. The topological polar surface area (TPSA) is 9.23 Å². The predicted molar refractivity (Wildman–Crippen MR) is 128 cm³/mol. The number of hydrogen-bond donors (Lipinski definition) is 0. The molecule has 0 saturated heterocycles. The first-order chi connectivity index (χ1) is 16.7. The van der Waals surface area contributed by atoms with Crippen LogP contribution in [0.4, 0.5) is 22.0 Å². The number of hydrogen-bond acceptors (Lipinski definition) is 1. The van der Waals surface area contributed by atoms with E-state index >= 15 is 4.39 Å². The molecule has 4 rings (SSSR count). The second-order valence-corrected chi connectivity index (χ2v) is 8.48. The fraction of sp³-hybridized carbons (Fsp3) is 0.241. The van der Waals surface area contributed by atoms with E-state index in [0.29, 0.717) is 23.1 Å². The van der Waals surface area contributed by atoms with E-state index in [1.165, 1.54) is 11.6 Å². The Bertz CT molecular complexity index is 1310. The van der Waals surface area contributed by atoms with Crippen LogP contribution in [0.1, 0.15) is 34.7 Å². The summed E-state index contributed by atoms with van der Waals surface area (Å²) in [4.78, 5) is 0. The lowest BCUT2D eigenvalue weighted by Crippen LogP contribution is -2.08. The smallest absolute Gasteiger partial charge is 0.419 e. The molecule has 0 unspecified atom stereocenters. The molecule has 0 aliphatic heterocycles. The quantitative estimate of drug-likeness (QED) is 0.230. The van der Waals surface area contributed by atoms with Gasteiger partial charge < -0.3 is 4.74 Å². The number of rotatable bonds is 8. The highest BCUT2D eigenvalue weighted by Gasteiger charge is 2.33. The Balaban J connectivity index is 1.43. The lowest BCUT2D eigenvalue weighted by atomic mass is 9.97. The number of halogens is 5. The molecule has 0 heterocycles. The fourth-order valence-electron chi connectivity index (χ4n) is 4.17. The summed E-state index contributed by atoms with van der Waals surface area (Å²) in [6.45, 7) is 2.57. The van der Waals surface area contributed by atoms with Crippen molar-refractivity contribution in [3.05, 3.63) is 112 Å². The van der Waals surface area contributed by atoms with Crippen molar-refractivity contribution in [2.24, 2.45) is 0 Å². The molecule has 0 atom stereocenters. The van der Waals surface area contributed by atoms with Crippen LogP contribution in [-0.4, -0.2) is 6.61 Å². The van der Waals surface area contributed by atoms with E-state index in [0.717, 1.165) is 41.7 Å². The van der Waals surface area contributed by atoms with Gasteiger partial charge in [-0.05, 0) is 84.5 Å². The monoisotopic (exact) mass is 484 g/mol. The van der Waals surface area contributed by atoms with Gasteiger partial charge in [0.15, 0.2) is 0 Å². The van der Waals surface area contributed by atoms with Gasteiger partial charge in [-0.15, -0.1) is 0 Å². The van der Waals surface area contributed by atoms with Gasteiger partial charge in [0, 0.05) is 5.39 Å². The van der Waals surface area contributed by atoms with Gasteiger partial charge in [0.05, 0.1) is 12.2 Å². The Morgan fingerprint density at radius 2 is 1.31 bits per heavy atom. The highest BCUT2D eigenvalue weighted by molar-refractivity contribution is 5.84. The summed E-state index contributed by atoms with van der Waals surface area (Å²) < 4.78 is 72.6. The van der Waals surface area contributed by atoms with E-state index in [4.69, 9.17) is 4.74 Å². The van der Waals surface area contributed by atoms with Gasteiger partial charge in [-0.2, -0.15) is 13.2 Å². The van der Waals surface area contributed by atoms with Gasteiger partial charge in [-0.25, -0.2) is 8.78 Å². The summed E-state index contributed by atoms with van der Waals surface area (Å²) in [6.07, 6.45) is -2.58. The highest BCUT2D eigenvalue weighted by atomic mass is 19.4. The van der Waals surface area contributed by atoms with Crippen LogP contribution in [0, 0.1) is 11.6 Å². The summed E-state index contributed by atoms with van der Waals surface area (Å²) in [5, 5.41) is 1.28. The molecule has 0 N–H and O–H groups in total. The van der Waals surface area contributed by atoms with E-state index in [9.17, 15) is 17.6 Å². The summed E-state index contributed by atoms with van der Waals surface area (Å²) in [6, 6.07) is 20.0. The summed E-state index contributed by atoms with van der Waals surface area (Å²) in [5.41, 5.74) is 1.82. The van der Waals surface area contributed by atoms with Crippen molar-refractivity contribution < 1.29 is 26.7 Å². The predicted octanol–water partition coefficient (Wildman–Crippen LogP) is 8.11. The van der Waals surface area contributed by atoms with Gasteiger partial charge in [0.1, 0.15) is 17.4 Å². The minimum atomic E-state index is -4.74. The van der Waals surface area contributed by atoms with Crippen LogP contribution in [0.5, 0.6) is 5.75 Å². The Morgan fingerprint density at radius 1 is 0.686 bits per heavy atom. The van der Waals surface area contributed by atoms with E-state index in [-0.39, 0.29) is 18.7 Å². The Labute approximate surface area is 201 Å². The zero-order valence-electron chi connectivity index (χ0n) is 19.3. The molecule has 0 aromatic heterocycles. The fourth-order valence-corrected chi connectivity index (χ4v) is 4.17. The third kappa shape index (κ3) is 5.99. The third-order valence-electron chi connectivity index (χ3n) is 6.06. The first-order valence-electron chi connectivity index (χ1n) is 11.5. The number of ether oxygens (including phenoxy) is 1. The van der Waals surface area contributed by atoms with E-state index < -0.39 is 17.6 Å². The van der Waals surface area contributed by atoms with Crippen molar-refractivity contribution in [1.82, 2.24) is 0 Å². The molecule has 1 nitrogen and oxygen atoms in total. The molecule has 0 saturated carbocycles. The number of benzene rings is 4. The van der Waals surface area contributed by atoms with Crippen molar-refractivity contribution in [2.75, 3.05) is 6.61 Å². The molecule has 0 aliphatic rings. The number of alkyl halides is 3. The minimum Gasteiger partial charge on any atom is -0.494 e. The minimum absolute atomic E-state index is 0.234. The van der Waals surface area contributed by atoms with Gasteiger partial charge in [0.2, 0.25) is 0 Å². The maximum Gasteiger partial charge on any atom is 0.419 e. The van der Waals surface area contributed by atoms with Gasteiger partial charge in [0.25, 0.3) is 0 Å². The molecular weight excluding hydrogens is 459 g/mol. The van der Waals surface area contributed by atoms with Crippen molar-refractivity contribution in [1.29, 1.82) is 0 Å². The van der Waals surface area contributed by atoms with Gasteiger partial charge in [-0.1, -0.05) is 48.5 Å². The molecule has 35 heavy (non-hydrogen) atoms. The highest BCUT2D eigenvalue weighted by Crippen LogP contribution is 2.32. The summed E-state index contributed by atoms with van der Waals surface area (Å²) >= 11 is 0. The molecule has 0 amide bonds. The maximum absolute atomic E-state index is 15.1. The average molecular weight is 485 g/mol.